The minimum atomic E-state index is 0.0300. The molecule has 1 fully saturated rings. The van der Waals surface area contributed by atoms with E-state index in [1.165, 1.54) is 35.1 Å². The molecule has 0 spiro atoms. The normalized spacial score (nSPS) is 14.5. The van der Waals surface area contributed by atoms with Crippen LogP contribution in [0.3, 0.4) is 0 Å². The quantitative estimate of drug-likeness (QED) is 0.297. The molecule has 192 valence electrons. The van der Waals surface area contributed by atoms with E-state index in [9.17, 15) is 4.79 Å². The van der Waals surface area contributed by atoms with Gasteiger partial charge in [0, 0.05) is 17.0 Å². The Labute approximate surface area is 221 Å². The number of hydrogen-bond donors (Lipinski definition) is 1. The molecule has 1 aliphatic rings. The van der Waals surface area contributed by atoms with Crippen molar-refractivity contribution in [3.8, 4) is 11.1 Å². The first kappa shape index (κ1) is 25.3. The number of nitrogens with one attached hydrogen (secondary N) is 1. The van der Waals surface area contributed by atoms with Crippen LogP contribution in [0.1, 0.15) is 93.4 Å². The van der Waals surface area contributed by atoms with Crippen molar-refractivity contribution in [1.82, 2.24) is 15.1 Å². The molecule has 0 atom stereocenters. The Morgan fingerprint density at radius 1 is 1.00 bits per heavy atom. The van der Waals surface area contributed by atoms with Gasteiger partial charge in [0.15, 0.2) is 0 Å². The fourth-order valence-corrected chi connectivity index (χ4v) is 5.58. The lowest BCUT2D eigenvalue weighted by Crippen LogP contribution is -2.32. The summed E-state index contributed by atoms with van der Waals surface area (Å²) in [4.78, 5) is 12.9. The van der Waals surface area contributed by atoms with Crippen LogP contribution < -0.4 is 5.32 Å². The maximum atomic E-state index is 12.9. The number of fused-ring (bicyclic) bond motifs is 1. The van der Waals surface area contributed by atoms with Crippen LogP contribution in [0.5, 0.6) is 0 Å². The van der Waals surface area contributed by atoms with Crippen LogP contribution in [0.2, 0.25) is 0 Å². The number of hydrogen-bond acceptors (Lipinski definition) is 2. The number of benzene rings is 3. The third-order valence-electron chi connectivity index (χ3n) is 7.61. The van der Waals surface area contributed by atoms with Gasteiger partial charge in [0.1, 0.15) is 0 Å². The van der Waals surface area contributed by atoms with E-state index >= 15 is 0 Å². The average Bonchev–Trinajstić information content (AvgIpc) is 3.52. The van der Waals surface area contributed by atoms with Crippen molar-refractivity contribution in [2.75, 3.05) is 0 Å². The van der Waals surface area contributed by atoms with Crippen LogP contribution >= 0.6 is 0 Å². The maximum absolute atomic E-state index is 12.9. The molecule has 3 aromatic carbocycles. The highest BCUT2D eigenvalue weighted by molar-refractivity contribution is 5.98. The van der Waals surface area contributed by atoms with Gasteiger partial charge in [-0.15, -0.1) is 0 Å². The Balaban J connectivity index is 1.42. The van der Waals surface area contributed by atoms with Crippen molar-refractivity contribution in [3.05, 3.63) is 89.1 Å². The Hall–Kier alpha value is -3.40. The van der Waals surface area contributed by atoms with E-state index in [-0.39, 0.29) is 17.2 Å². The van der Waals surface area contributed by atoms with E-state index < -0.39 is 0 Å². The van der Waals surface area contributed by atoms with E-state index in [0.29, 0.717) is 12.6 Å². The molecule has 4 aromatic rings. The zero-order valence-electron chi connectivity index (χ0n) is 22.8. The molecule has 0 unspecified atom stereocenters. The summed E-state index contributed by atoms with van der Waals surface area (Å²) in [6.07, 6.45) is 4.59. The second kappa shape index (κ2) is 10.2. The van der Waals surface area contributed by atoms with Crippen LogP contribution in [0.15, 0.2) is 66.7 Å². The Morgan fingerprint density at radius 3 is 2.38 bits per heavy atom. The minimum Gasteiger partial charge on any atom is -0.349 e. The Morgan fingerprint density at radius 2 is 1.70 bits per heavy atom. The molecule has 0 radical (unpaired) electrons. The second-order valence-electron chi connectivity index (χ2n) is 11.9. The van der Waals surface area contributed by atoms with E-state index in [1.807, 2.05) is 12.1 Å². The number of amides is 1. The van der Waals surface area contributed by atoms with Gasteiger partial charge < -0.3 is 5.32 Å². The lowest BCUT2D eigenvalue weighted by Gasteiger charge is -2.23. The Bertz CT molecular complexity index is 1400. The molecule has 0 saturated heterocycles. The lowest BCUT2D eigenvalue weighted by atomic mass is 9.82. The summed E-state index contributed by atoms with van der Waals surface area (Å²) in [6, 6.07) is 23.9. The van der Waals surface area contributed by atoms with E-state index in [0.717, 1.165) is 35.0 Å². The van der Waals surface area contributed by atoms with Crippen molar-refractivity contribution >= 4 is 16.8 Å². The fraction of sp³-hybridized carbons (Fsp3) is 0.394. The maximum Gasteiger partial charge on any atom is 0.251 e. The summed E-state index contributed by atoms with van der Waals surface area (Å²) in [5.41, 5.74) is 8.02. The number of nitrogens with zero attached hydrogens (tertiary/aromatic N) is 2. The zero-order chi connectivity index (χ0) is 26.2. The molecular formula is C33H39N3O. The summed E-state index contributed by atoms with van der Waals surface area (Å²) >= 11 is 0. The van der Waals surface area contributed by atoms with Gasteiger partial charge in [0.2, 0.25) is 0 Å². The smallest absolute Gasteiger partial charge is 0.251 e. The third kappa shape index (κ3) is 5.34. The molecule has 0 bridgehead atoms. The second-order valence-corrected chi connectivity index (χ2v) is 11.9. The highest BCUT2D eigenvalue weighted by Crippen LogP contribution is 2.33. The standard InChI is InChI=1S/C33H39N3O/c1-22(2)31-28-20-25(32(37)34-26-10-6-7-11-26)18-19-30(28)36(35-31)21-23-14-16-24(17-15-23)27-12-8-9-13-29(27)33(3,4)5/h8-9,12-20,22,26H,6-7,10-11,21H2,1-5H3,(H,34,37). The zero-order valence-corrected chi connectivity index (χ0v) is 22.8. The summed E-state index contributed by atoms with van der Waals surface area (Å²) in [5, 5.41) is 9.29. The summed E-state index contributed by atoms with van der Waals surface area (Å²) in [6.45, 7) is 11.8. The first-order valence-electron chi connectivity index (χ1n) is 13.7. The van der Waals surface area contributed by atoms with Gasteiger partial charge in [-0.2, -0.15) is 5.10 Å². The molecule has 1 aliphatic carbocycles. The number of rotatable bonds is 6. The molecule has 4 heteroatoms. The fourth-order valence-electron chi connectivity index (χ4n) is 5.58. The van der Waals surface area contributed by atoms with Crippen molar-refractivity contribution in [2.24, 2.45) is 0 Å². The third-order valence-corrected chi connectivity index (χ3v) is 7.61. The summed E-state index contributed by atoms with van der Waals surface area (Å²) < 4.78 is 2.08. The summed E-state index contributed by atoms with van der Waals surface area (Å²) in [7, 11) is 0. The van der Waals surface area contributed by atoms with Crippen LogP contribution in [-0.2, 0) is 12.0 Å². The van der Waals surface area contributed by atoms with Gasteiger partial charge >= 0.3 is 0 Å². The molecule has 0 aliphatic heterocycles. The molecule has 1 saturated carbocycles. The van der Waals surface area contributed by atoms with Gasteiger partial charge in [0.05, 0.1) is 17.8 Å². The van der Waals surface area contributed by atoms with Gasteiger partial charge in [-0.1, -0.05) is 96.0 Å². The highest BCUT2D eigenvalue weighted by atomic mass is 16.1. The van der Waals surface area contributed by atoms with Gasteiger partial charge in [-0.05, 0) is 64.6 Å². The van der Waals surface area contributed by atoms with Crippen LogP contribution in [-0.4, -0.2) is 21.7 Å². The van der Waals surface area contributed by atoms with Gasteiger partial charge in [-0.25, -0.2) is 0 Å². The van der Waals surface area contributed by atoms with Crippen LogP contribution in [0.25, 0.3) is 22.0 Å². The number of carbonyl (C=O) groups is 1. The molecule has 37 heavy (non-hydrogen) atoms. The monoisotopic (exact) mass is 493 g/mol. The number of carbonyl (C=O) groups excluding carboxylic acids is 1. The average molecular weight is 494 g/mol. The van der Waals surface area contributed by atoms with Gasteiger partial charge in [0.25, 0.3) is 5.91 Å². The molecule has 5 rings (SSSR count). The minimum absolute atomic E-state index is 0.0300. The predicted molar refractivity (Wildman–Crippen MR) is 153 cm³/mol. The largest absolute Gasteiger partial charge is 0.349 e. The first-order valence-corrected chi connectivity index (χ1v) is 13.7. The van der Waals surface area contributed by atoms with Crippen molar-refractivity contribution in [3.63, 3.8) is 0 Å². The Kier molecular flexibility index (Phi) is 6.94. The van der Waals surface area contributed by atoms with Crippen molar-refractivity contribution < 1.29 is 4.79 Å². The topological polar surface area (TPSA) is 46.9 Å². The van der Waals surface area contributed by atoms with Crippen LogP contribution in [0.4, 0.5) is 0 Å². The highest BCUT2D eigenvalue weighted by Gasteiger charge is 2.21. The molecule has 1 N–H and O–H groups in total. The van der Waals surface area contributed by atoms with Gasteiger partial charge in [-0.3, -0.25) is 9.48 Å². The molecule has 1 aromatic heterocycles. The molecular weight excluding hydrogens is 454 g/mol. The lowest BCUT2D eigenvalue weighted by molar-refractivity contribution is 0.0938. The van der Waals surface area contributed by atoms with Crippen LogP contribution in [0, 0.1) is 0 Å². The van der Waals surface area contributed by atoms with Crippen molar-refractivity contribution in [1.29, 1.82) is 0 Å². The van der Waals surface area contributed by atoms with E-state index in [4.69, 9.17) is 5.10 Å². The SMILES string of the molecule is CC(C)c1nn(Cc2ccc(-c3ccccc3C(C)(C)C)cc2)c2ccc(C(=O)NC3CCCC3)cc12. The molecule has 1 amide bonds. The van der Waals surface area contributed by atoms with E-state index in [1.54, 1.807) is 0 Å². The first-order chi connectivity index (χ1) is 17.7. The van der Waals surface area contributed by atoms with Crippen molar-refractivity contribution in [2.45, 2.75) is 84.2 Å². The van der Waals surface area contributed by atoms with E-state index in [2.05, 4.69) is 99.2 Å². The predicted octanol–water partition coefficient (Wildman–Crippen LogP) is 7.84. The molecule has 4 nitrogen and oxygen atoms in total. The summed E-state index contributed by atoms with van der Waals surface area (Å²) in [5.74, 6) is 0.301. The number of aromatic nitrogens is 2. The molecule has 1 heterocycles.